The smallest absolute Gasteiger partial charge is 0.307 e. The average molecular weight is 505 g/mol. The summed E-state index contributed by atoms with van der Waals surface area (Å²) in [5.74, 6) is -0.449. The van der Waals surface area contributed by atoms with Gasteiger partial charge in [0.05, 0.1) is 30.3 Å². The van der Waals surface area contributed by atoms with Crippen molar-refractivity contribution in [2.45, 2.75) is 125 Å². The van der Waals surface area contributed by atoms with Gasteiger partial charge in [-0.15, -0.1) is 0 Å². The van der Waals surface area contributed by atoms with Crippen molar-refractivity contribution in [3.8, 4) is 0 Å². The molecule has 4 rings (SSSR count). The Hall–Kier alpha value is -0.910. The second-order valence-electron chi connectivity index (χ2n) is 14.3. The number of carbonyl (C=O) groups is 1. The lowest BCUT2D eigenvalue weighted by molar-refractivity contribution is -0.240. The fourth-order valence-electron chi connectivity index (χ4n) is 10.3. The number of hydrogen-bond acceptors (Lipinski definition) is 4. The number of fused-ring (bicyclic) bond motifs is 5. The predicted molar refractivity (Wildman–Crippen MR) is 142 cm³/mol. The van der Waals surface area contributed by atoms with Crippen molar-refractivity contribution >= 4 is 5.97 Å². The van der Waals surface area contributed by atoms with Crippen molar-refractivity contribution in [2.75, 3.05) is 0 Å². The molecule has 0 aromatic rings. The number of aliphatic hydroxyl groups excluding tert-OH is 2. The Labute approximate surface area is 219 Å². The third-order valence-electron chi connectivity index (χ3n) is 12.0. The average Bonchev–Trinajstić information content (AvgIpc) is 3.03. The van der Waals surface area contributed by atoms with E-state index in [4.69, 9.17) is 4.74 Å². The molecular formula is C31H52O5. The standard InChI is InChI=1S/C31H52O5/c1-17(2)9-10-20(28(34)35)26-22-15-24(33)27-29(6)13-12-23(32)19(5)21(29)11-14-30(27,7)31(22,8)16-25(26)36-18(3)4/h9,18-27,32-33H,10-16H2,1-8H3,(H,34,35)/t19-,20+,21?,22?,23+,24+,25-,26+,27?,29-,30-,31-/m0/s1. The van der Waals surface area contributed by atoms with Crippen LogP contribution in [0.4, 0.5) is 0 Å². The molecule has 0 aromatic carbocycles. The molecule has 4 saturated carbocycles. The van der Waals surface area contributed by atoms with E-state index in [2.05, 4.69) is 33.8 Å². The minimum atomic E-state index is -0.744. The molecule has 0 radical (unpaired) electrons. The number of ether oxygens (including phenoxy) is 1. The highest BCUT2D eigenvalue weighted by atomic mass is 16.5. The minimum Gasteiger partial charge on any atom is -0.481 e. The van der Waals surface area contributed by atoms with Gasteiger partial charge in [0.2, 0.25) is 0 Å². The molecular weight excluding hydrogens is 452 g/mol. The maximum absolute atomic E-state index is 12.7. The molecule has 4 aliphatic carbocycles. The van der Waals surface area contributed by atoms with Gasteiger partial charge in [-0.3, -0.25) is 4.79 Å². The SMILES string of the molecule is CC(C)=CC[C@@H](C(=O)O)[C@@H]1C2C[C@@H](O)C3[C@@]4(C)CC[C@@H](O)[C@@H](C)C4CC[C@]3(C)[C@@]2(C)C[C@@H]1OC(C)C. The van der Waals surface area contributed by atoms with Gasteiger partial charge in [0.1, 0.15) is 0 Å². The van der Waals surface area contributed by atoms with Gasteiger partial charge in [-0.25, -0.2) is 0 Å². The van der Waals surface area contributed by atoms with Crippen LogP contribution in [-0.2, 0) is 9.53 Å². The molecule has 0 aliphatic heterocycles. The zero-order valence-corrected chi connectivity index (χ0v) is 24.0. The van der Waals surface area contributed by atoms with Crippen molar-refractivity contribution < 1.29 is 24.9 Å². The molecule has 0 spiro atoms. The normalized spacial score (nSPS) is 49.1. The van der Waals surface area contributed by atoms with Gasteiger partial charge >= 0.3 is 5.97 Å². The molecule has 5 nitrogen and oxygen atoms in total. The predicted octanol–water partition coefficient (Wildman–Crippen LogP) is 6.07. The van der Waals surface area contributed by atoms with E-state index in [0.29, 0.717) is 18.8 Å². The summed E-state index contributed by atoms with van der Waals surface area (Å²) in [5.41, 5.74) is 0.918. The van der Waals surface area contributed by atoms with E-state index in [0.717, 1.165) is 37.7 Å². The second-order valence-corrected chi connectivity index (χ2v) is 14.3. The van der Waals surface area contributed by atoms with Crippen molar-refractivity contribution in [1.82, 2.24) is 0 Å². The Morgan fingerprint density at radius 1 is 1.03 bits per heavy atom. The van der Waals surface area contributed by atoms with E-state index in [1.807, 2.05) is 27.7 Å². The third kappa shape index (κ3) is 4.20. The van der Waals surface area contributed by atoms with Gasteiger partial charge in [-0.1, -0.05) is 39.3 Å². The van der Waals surface area contributed by atoms with Crippen LogP contribution in [0.3, 0.4) is 0 Å². The van der Waals surface area contributed by atoms with Gasteiger partial charge in [0.25, 0.3) is 0 Å². The summed E-state index contributed by atoms with van der Waals surface area (Å²) >= 11 is 0. The zero-order chi connectivity index (χ0) is 26.8. The van der Waals surface area contributed by atoms with E-state index < -0.39 is 18.0 Å². The first-order valence-corrected chi connectivity index (χ1v) is 14.5. The Kier molecular flexibility index (Phi) is 7.56. The van der Waals surface area contributed by atoms with E-state index in [1.165, 1.54) is 0 Å². The molecule has 12 atom stereocenters. The summed E-state index contributed by atoms with van der Waals surface area (Å²) < 4.78 is 6.54. The first-order valence-electron chi connectivity index (χ1n) is 14.5. The number of carboxylic acid groups (broad SMARTS) is 1. The van der Waals surface area contributed by atoms with Gasteiger partial charge in [-0.2, -0.15) is 0 Å². The maximum Gasteiger partial charge on any atom is 0.307 e. The highest BCUT2D eigenvalue weighted by Gasteiger charge is 2.71. The highest BCUT2D eigenvalue weighted by molar-refractivity contribution is 5.71. The molecule has 4 fully saturated rings. The van der Waals surface area contributed by atoms with E-state index >= 15 is 0 Å². The van der Waals surface area contributed by atoms with Gasteiger partial charge in [-0.05, 0) is 113 Å². The molecule has 4 aliphatic rings. The number of carboxylic acids is 1. The summed E-state index contributed by atoms with van der Waals surface area (Å²) in [6.45, 7) is 17.5. The summed E-state index contributed by atoms with van der Waals surface area (Å²) in [6.07, 6.45) is 7.13. The van der Waals surface area contributed by atoms with Crippen LogP contribution >= 0.6 is 0 Å². The Balaban J connectivity index is 1.78. The van der Waals surface area contributed by atoms with Crippen molar-refractivity contribution in [2.24, 2.45) is 51.8 Å². The molecule has 0 amide bonds. The van der Waals surface area contributed by atoms with Gasteiger partial charge in [0.15, 0.2) is 0 Å². The summed E-state index contributed by atoms with van der Waals surface area (Å²) in [7, 11) is 0. The molecule has 36 heavy (non-hydrogen) atoms. The summed E-state index contributed by atoms with van der Waals surface area (Å²) in [6, 6.07) is 0. The van der Waals surface area contributed by atoms with Crippen molar-refractivity contribution in [3.63, 3.8) is 0 Å². The molecule has 0 aromatic heterocycles. The minimum absolute atomic E-state index is 0.0141. The Morgan fingerprint density at radius 2 is 1.69 bits per heavy atom. The lowest BCUT2D eigenvalue weighted by atomic mass is 9.36. The lowest BCUT2D eigenvalue weighted by Gasteiger charge is -2.69. The van der Waals surface area contributed by atoms with Gasteiger partial charge in [0, 0.05) is 5.92 Å². The number of hydrogen-bond donors (Lipinski definition) is 3. The number of allylic oxidation sites excluding steroid dienone is 2. The molecule has 3 N–H and O–H groups in total. The van der Waals surface area contributed by atoms with E-state index in [-0.39, 0.29) is 58.2 Å². The summed E-state index contributed by atoms with van der Waals surface area (Å²) in [5, 5.41) is 33.0. The first-order chi connectivity index (χ1) is 16.7. The quantitative estimate of drug-likeness (QED) is 0.382. The maximum atomic E-state index is 12.7. The van der Waals surface area contributed by atoms with Crippen LogP contribution in [0.15, 0.2) is 11.6 Å². The van der Waals surface area contributed by atoms with Crippen LogP contribution in [0, 0.1) is 51.8 Å². The third-order valence-corrected chi connectivity index (χ3v) is 12.0. The number of aliphatic carboxylic acids is 1. The molecule has 0 saturated heterocycles. The molecule has 0 bridgehead atoms. The van der Waals surface area contributed by atoms with Crippen LogP contribution in [0.5, 0.6) is 0 Å². The lowest BCUT2D eigenvalue weighted by Crippen LogP contribution is -2.66. The van der Waals surface area contributed by atoms with Crippen molar-refractivity contribution in [1.29, 1.82) is 0 Å². The molecule has 0 heterocycles. The zero-order valence-electron chi connectivity index (χ0n) is 24.0. The van der Waals surface area contributed by atoms with Crippen LogP contribution in [0.1, 0.15) is 100 Å². The fourth-order valence-corrected chi connectivity index (χ4v) is 10.3. The Bertz CT molecular complexity index is 863. The molecule has 206 valence electrons. The van der Waals surface area contributed by atoms with Crippen LogP contribution in [0.2, 0.25) is 0 Å². The van der Waals surface area contributed by atoms with Crippen LogP contribution < -0.4 is 0 Å². The second kappa shape index (κ2) is 9.68. The van der Waals surface area contributed by atoms with E-state index in [9.17, 15) is 20.1 Å². The topological polar surface area (TPSA) is 87.0 Å². The highest BCUT2D eigenvalue weighted by Crippen LogP contribution is 2.74. The van der Waals surface area contributed by atoms with Gasteiger partial charge < -0.3 is 20.1 Å². The van der Waals surface area contributed by atoms with E-state index in [1.54, 1.807) is 0 Å². The molecule has 3 unspecified atom stereocenters. The summed E-state index contributed by atoms with van der Waals surface area (Å²) in [4.78, 5) is 12.7. The van der Waals surface area contributed by atoms with Crippen molar-refractivity contribution in [3.05, 3.63) is 11.6 Å². The largest absolute Gasteiger partial charge is 0.481 e. The number of aliphatic hydroxyl groups is 2. The first kappa shape index (κ1) is 28.1. The van der Waals surface area contributed by atoms with Crippen LogP contribution in [0.25, 0.3) is 0 Å². The number of rotatable bonds is 6. The Morgan fingerprint density at radius 3 is 2.28 bits per heavy atom. The van der Waals surface area contributed by atoms with Crippen LogP contribution in [-0.4, -0.2) is 45.7 Å². The monoisotopic (exact) mass is 504 g/mol. The fraction of sp³-hybridized carbons (Fsp3) is 0.903. The molecule has 5 heteroatoms.